The minimum absolute atomic E-state index is 0.0191. The lowest BCUT2D eigenvalue weighted by molar-refractivity contribution is 0.101. The number of carbonyl (C=O) groups excluding carboxylic acids is 1. The summed E-state index contributed by atoms with van der Waals surface area (Å²) in [4.78, 5) is 20.5. The molecule has 0 radical (unpaired) electrons. The van der Waals surface area contributed by atoms with Crippen LogP contribution in [0.1, 0.15) is 28.5 Å². The van der Waals surface area contributed by atoms with Crippen molar-refractivity contribution in [2.24, 2.45) is 0 Å². The molecule has 0 aliphatic rings. The lowest BCUT2D eigenvalue weighted by Crippen LogP contribution is -2.06. The summed E-state index contributed by atoms with van der Waals surface area (Å²) in [6, 6.07) is 17.0. The molecule has 0 atom stereocenters. The zero-order chi connectivity index (χ0) is 19.2. The second-order valence-electron chi connectivity index (χ2n) is 6.18. The van der Waals surface area contributed by atoms with Gasteiger partial charge in [-0.1, -0.05) is 24.3 Å². The van der Waals surface area contributed by atoms with Gasteiger partial charge in [-0.3, -0.25) is 4.79 Å². The monoisotopic (exact) mass is 362 g/mol. The number of ether oxygens (including phenoxy) is 1. The lowest BCUT2D eigenvalue weighted by Gasteiger charge is -2.11. The van der Waals surface area contributed by atoms with Crippen LogP contribution in [0.15, 0.2) is 54.6 Å². The highest BCUT2D eigenvalue weighted by Crippen LogP contribution is 2.18. The Morgan fingerprint density at radius 2 is 1.85 bits per heavy atom. The maximum Gasteiger partial charge on any atom is 0.229 e. The molecule has 2 N–H and O–H groups in total. The van der Waals surface area contributed by atoms with E-state index in [9.17, 15) is 4.79 Å². The molecule has 0 bridgehead atoms. The first kappa shape index (κ1) is 18.4. The maximum atomic E-state index is 11.5. The van der Waals surface area contributed by atoms with E-state index < -0.39 is 0 Å². The van der Waals surface area contributed by atoms with Crippen molar-refractivity contribution in [3.63, 3.8) is 0 Å². The number of ketones is 1. The fourth-order valence-electron chi connectivity index (χ4n) is 2.60. The minimum Gasteiger partial charge on any atom is -0.497 e. The fourth-order valence-corrected chi connectivity index (χ4v) is 2.60. The molecule has 3 aromatic rings. The molecule has 0 saturated heterocycles. The van der Waals surface area contributed by atoms with Crippen LogP contribution >= 0.6 is 0 Å². The molecule has 6 heteroatoms. The number of anilines is 3. The summed E-state index contributed by atoms with van der Waals surface area (Å²) in [5.74, 6) is 2.05. The largest absolute Gasteiger partial charge is 0.497 e. The molecular weight excluding hydrogens is 340 g/mol. The summed E-state index contributed by atoms with van der Waals surface area (Å²) >= 11 is 0. The van der Waals surface area contributed by atoms with Gasteiger partial charge >= 0.3 is 0 Å². The van der Waals surface area contributed by atoms with Crippen molar-refractivity contribution in [2.45, 2.75) is 20.4 Å². The van der Waals surface area contributed by atoms with E-state index in [2.05, 4.69) is 20.6 Å². The van der Waals surface area contributed by atoms with Crippen LogP contribution in [-0.2, 0) is 6.54 Å². The maximum absolute atomic E-state index is 11.5. The first-order valence-corrected chi connectivity index (χ1v) is 8.64. The first-order valence-electron chi connectivity index (χ1n) is 8.64. The highest BCUT2D eigenvalue weighted by Gasteiger charge is 2.05. The Bertz CT molecular complexity index is 939. The van der Waals surface area contributed by atoms with Gasteiger partial charge in [0.2, 0.25) is 5.95 Å². The third-order valence-electron chi connectivity index (χ3n) is 4.01. The van der Waals surface area contributed by atoms with Gasteiger partial charge in [0, 0.05) is 29.6 Å². The Balaban J connectivity index is 1.71. The Hall–Kier alpha value is -3.41. The van der Waals surface area contributed by atoms with Crippen LogP contribution in [0.5, 0.6) is 5.75 Å². The van der Waals surface area contributed by atoms with Crippen molar-refractivity contribution in [1.29, 1.82) is 0 Å². The molecule has 138 valence electrons. The van der Waals surface area contributed by atoms with Gasteiger partial charge in [-0.2, -0.15) is 4.98 Å². The number of hydrogen-bond acceptors (Lipinski definition) is 6. The third kappa shape index (κ3) is 5.04. The van der Waals surface area contributed by atoms with Gasteiger partial charge in [0.05, 0.1) is 7.11 Å². The van der Waals surface area contributed by atoms with Gasteiger partial charge in [0.25, 0.3) is 0 Å². The zero-order valence-electron chi connectivity index (χ0n) is 15.6. The van der Waals surface area contributed by atoms with Crippen LogP contribution in [0, 0.1) is 6.92 Å². The molecule has 0 aliphatic heterocycles. The molecule has 0 aliphatic carbocycles. The lowest BCUT2D eigenvalue weighted by atomic mass is 10.1. The van der Waals surface area contributed by atoms with E-state index in [-0.39, 0.29) is 5.78 Å². The molecule has 1 heterocycles. The topological polar surface area (TPSA) is 76.1 Å². The first-order chi connectivity index (χ1) is 13.0. The van der Waals surface area contributed by atoms with Gasteiger partial charge in [0.15, 0.2) is 5.78 Å². The number of benzene rings is 2. The van der Waals surface area contributed by atoms with Crippen LogP contribution in [0.4, 0.5) is 17.5 Å². The molecule has 6 nitrogen and oxygen atoms in total. The summed E-state index contributed by atoms with van der Waals surface area (Å²) < 4.78 is 5.17. The predicted octanol–water partition coefficient (Wildman–Crippen LogP) is 4.35. The summed E-state index contributed by atoms with van der Waals surface area (Å²) in [6.07, 6.45) is 0. The summed E-state index contributed by atoms with van der Waals surface area (Å²) in [5, 5.41) is 6.47. The molecule has 0 fully saturated rings. The van der Waals surface area contributed by atoms with Gasteiger partial charge in [-0.05, 0) is 43.7 Å². The molecule has 2 aromatic carbocycles. The quantitative estimate of drug-likeness (QED) is 0.609. The molecule has 0 saturated carbocycles. The van der Waals surface area contributed by atoms with E-state index in [4.69, 9.17) is 4.74 Å². The number of aryl methyl sites for hydroxylation is 1. The Labute approximate surface area is 158 Å². The average molecular weight is 362 g/mol. The van der Waals surface area contributed by atoms with Crippen molar-refractivity contribution < 1.29 is 9.53 Å². The highest BCUT2D eigenvalue weighted by atomic mass is 16.5. The Morgan fingerprint density at radius 3 is 2.56 bits per heavy atom. The van der Waals surface area contributed by atoms with Crippen LogP contribution in [0.3, 0.4) is 0 Å². The SMILES string of the molecule is COc1ccc(CNc2cc(C)nc(Nc3cccc(C(C)=O)c3)n2)cc1. The molecule has 1 aromatic heterocycles. The second kappa shape index (κ2) is 8.31. The normalized spacial score (nSPS) is 10.3. The second-order valence-corrected chi connectivity index (χ2v) is 6.18. The van der Waals surface area contributed by atoms with Crippen LogP contribution < -0.4 is 15.4 Å². The van der Waals surface area contributed by atoms with Gasteiger partial charge in [-0.25, -0.2) is 4.98 Å². The molecule has 27 heavy (non-hydrogen) atoms. The van der Waals surface area contributed by atoms with E-state index in [0.29, 0.717) is 18.1 Å². The van der Waals surface area contributed by atoms with Crippen molar-refractivity contribution in [1.82, 2.24) is 9.97 Å². The number of hydrogen-bond donors (Lipinski definition) is 2. The van der Waals surface area contributed by atoms with Crippen molar-refractivity contribution in [3.8, 4) is 5.75 Å². The molecule has 0 unspecified atom stereocenters. The van der Waals surface area contributed by atoms with Crippen molar-refractivity contribution in [3.05, 3.63) is 71.4 Å². The third-order valence-corrected chi connectivity index (χ3v) is 4.01. The van der Waals surface area contributed by atoms with E-state index in [1.807, 2.05) is 49.4 Å². The minimum atomic E-state index is 0.0191. The fraction of sp³-hybridized carbons (Fsp3) is 0.190. The smallest absolute Gasteiger partial charge is 0.229 e. The van der Waals surface area contributed by atoms with Gasteiger partial charge in [0.1, 0.15) is 11.6 Å². The number of aromatic nitrogens is 2. The number of nitrogens with one attached hydrogen (secondary N) is 2. The molecular formula is C21H22N4O2. The van der Waals surface area contributed by atoms with Crippen LogP contribution in [-0.4, -0.2) is 22.9 Å². The van der Waals surface area contributed by atoms with E-state index >= 15 is 0 Å². The van der Waals surface area contributed by atoms with Crippen LogP contribution in [0.25, 0.3) is 0 Å². The molecule has 0 spiro atoms. The number of methoxy groups -OCH3 is 1. The predicted molar refractivity (Wildman–Crippen MR) is 107 cm³/mol. The summed E-state index contributed by atoms with van der Waals surface area (Å²) in [6.45, 7) is 4.10. The van der Waals surface area contributed by atoms with E-state index in [0.717, 1.165) is 28.5 Å². The summed E-state index contributed by atoms with van der Waals surface area (Å²) in [7, 11) is 1.65. The van der Waals surface area contributed by atoms with E-state index in [1.165, 1.54) is 0 Å². The highest BCUT2D eigenvalue weighted by molar-refractivity contribution is 5.95. The standard InChI is InChI=1S/C21H22N4O2/c1-14-11-20(22-13-16-7-9-19(27-3)10-8-16)25-21(23-14)24-18-6-4-5-17(12-18)15(2)26/h4-12H,13H2,1-3H3,(H2,22,23,24,25). The van der Waals surface area contributed by atoms with Crippen LogP contribution in [0.2, 0.25) is 0 Å². The van der Waals surface area contributed by atoms with Gasteiger partial charge < -0.3 is 15.4 Å². The number of Topliss-reactive ketones (excluding diaryl/α,β-unsaturated/α-hetero) is 1. The number of nitrogens with zero attached hydrogens (tertiary/aromatic N) is 2. The number of carbonyl (C=O) groups is 1. The Morgan fingerprint density at radius 1 is 1.07 bits per heavy atom. The molecule has 3 rings (SSSR count). The van der Waals surface area contributed by atoms with Crippen molar-refractivity contribution in [2.75, 3.05) is 17.7 Å². The Kier molecular flexibility index (Phi) is 5.66. The summed E-state index contributed by atoms with van der Waals surface area (Å²) in [5.41, 5.74) is 3.38. The van der Waals surface area contributed by atoms with Gasteiger partial charge in [-0.15, -0.1) is 0 Å². The number of rotatable bonds is 7. The van der Waals surface area contributed by atoms with E-state index in [1.54, 1.807) is 26.2 Å². The molecule has 0 amide bonds. The average Bonchev–Trinajstić information content (AvgIpc) is 2.66. The zero-order valence-corrected chi connectivity index (χ0v) is 15.6. The van der Waals surface area contributed by atoms with Crippen molar-refractivity contribution >= 4 is 23.2 Å².